The van der Waals surface area contributed by atoms with Crippen LogP contribution in [0.3, 0.4) is 0 Å². The Labute approximate surface area is 184 Å². The van der Waals surface area contributed by atoms with Gasteiger partial charge in [0.2, 0.25) is 11.8 Å². The van der Waals surface area contributed by atoms with E-state index in [1.165, 1.54) is 4.90 Å². The van der Waals surface area contributed by atoms with Crippen LogP contribution in [0.5, 0.6) is 0 Å². The zero-order chi connectivity index (χ0) is 22.9. The first-order chi connectivity index (χ1) is 15.2. The number of amides is 3. The molecule has 0 saturated carbocycles. The Bertz CT molecular complexity index is 899. The molecule has 1 aromatic carbocycles. The van der Waals surface area contributed by atoms with Crippen LogP contribution in [0.4, 0.5) is 13.2 Å². The maximum absolute atomic E-state index is 13.6. The minimum atomic E-state index is -4.35. The number of nitrogens with one attached hydrogen (secondary N) is 3. The van der Waals surface area contributed by atoms with Crippen molar-refractivity contribution in [2.75, 3.05) is 13.1 Å². The minimum absolute atomic E-state index is 0.00583. The number of imide groups is 1. The van der Waals surface area contributed by atoms with E-state index in [2.05, 4.69) is 16.0 Å². The molecule has 32 heavy (non-hydrogen) atoms. The first kappa shape index (κ1) is 22.7. The molecule has 0 bridgehead atoms. The number of carbonyl (C=O) groups excluding carboxylic acids is 3. The maximum atomic E-state index is 13.6. The second-order valence-corrected chi connectivity index (χ2v) is 8.80. The highest BCUT2D eigenvalue weighted by Gasteiger charge is 2.41. The lowest BCUT2D eigenvalue weighted by Crippen LogP contribution is -2.52. The summed E-state index contributed by atoms with van der Waals surface area (Å²) < 4.78 is 40.7. The van der Waals surface area contributed by atoms with Gasteiger partial charge in [-0.25, -0.2) is 0 Å². The Balaban J connectivity index is 1.41. The second kappa shape index (κ2) is 9.19. The molecule has 3 N–H and O–H groups in total. The van der Waals surface area contributed by atoms with Gasteiger partial charge in [0.1, 0.15) is 12.1 Å². The molecule has 174 valence electrons. The van der Waals surface area contributed by atoms with Gasteiger partial charge in [0.05, 0.1) is 0 Å². The van der Waals surface area contributed by atoms with Crippen LogP contribution in [-0.4, -0.2) is 54.0 Å². The van der Waals surface area contributed by atoms with Crippen LogP contribution in [-0.2, 0) is 22.7 Å². The van der Waals surface area contributed by atoms with Crippen molar-refractivity contribution >= 4 is 17.7 Å². The van der Waals surface area contributed by atoms with Gasteiger partial charge >= 0.3 is 6.18 Å². The smallest absolute Gasteiger partial charge is 0.322 e. The zero-order valence-corrected chi connectivity index (χ0v) is 17.6. The normalized spacial score (nSPS) is 23.3. The summed E-state index contributed by atoms with van der Waals surface area (Å²) in [5.74, 6) is -1.15. The average molecular weight is 452 g/mol. The highest BCUT2D eigenvalue weighted by Crippen LogP contribution is 2.30. The van der Waals surface area contributed by atoms with Crippen molar-refractivity contribution < 1.29 is 27.6 Å². The lowest BCUT2D eigenvalue weighted by Gasteiger charge is -2.29. The molecule has 0 spiro atoms. The standard InChI is InChI=1S/C22H27F3N4O3/c23-22(24,25)18(10-13-5-7-26-8-6-13)27-11-14-1-2-15-12-29(21(32)16(15)9-14)17-3-4-19(30)28-20(17)31/h1-2,9,13,17-18,26-27H,3-8,10-12H2,(H,28,30,31). The molecule has 0 radical (unpaired) electrons. The highest BCUT2D eigenvalue weighted by molar-refractivity contribution is 6.05. The summed E-state index contributed by atoms with van der Waals surface area (Å²) in [7, 11) is 0. The van der Waals surface area contributed by atoms with E-state index in [1.807, 2.05) is 0 Å². The van der Waals surface area contributed by atoms with E-state index in [9.17, 15) is 27.6 Å². The molecule has 0 aromatic heterocycles. The van der Waals surface area contributed by atoms with Crippen LogP contribution in [0.25, 0.3) is 0 Å². The number of carbonyl (C=O) groups is 3. The Morgan fingerprint density at radius 2 is 1.88 bits per heavy atom. The lowest BCUT2D eigenvalue weighted by atomic mass is 9.90. The number of nitrogens with zero attached hydrogens (tertiary/aromatic N) is 1. The predicted molar refractivity (Wildman–Crippen MR) is 109 cm³/mol. The fraction of sp³-hybridized carbons (Fsp3) is 0.591. The van der Waals surface area contributed by atoms with Crippen LogP contribution < -0.4 is 16.0 Å². The number of hydrogen-bond donors (Lipinski definition) is 3. The fourth-order valence-electron chi connectivity index (χ4n) is 4.74. The fourth-order valence-corrected chi connectivity index (χ4v) is 4.74. The molecule has 2 atom stereocenters. The van der Waals surface area contributed by atoms with Gasteiger partial charge in [-0.05, 0) is 61.9 Å². The van der Waals surface area contributed by atoms with Crippen LogP contribution in [0.15, 0.2) is 18.2 Å². The Kier molecular flexibility index (Phi) is 6.52. The van der Waals surface area contributed by atoms with E-state index in [1.54, 1.807) is 18.2 Å². The molecule has 3 amide bonds. The van der Waals surface area contributed by atoms with Crippen molar-refractivity contribution in [3.63, 3.8) is 0 Å². The quantitative estimate of drug-likeness (QED) is 0.574. The Morgan fingerprint density at radius 1 is 1.12 bits per heavy atom. The van der Waals surface area contributed by atoms with E-state index in [-0.39, 0.29) is 50.1 Å². The van der Waals surface area contributed by atoms with E-state index < -0.39 is 24.2 Å². The largest absolute Gasteiger partial charge is 0.403 e. The third-order valence-electron chi connectivity index (χ3n) is 6.57. The third-order valence-corrected chi connectivity index (χ3v) is 6.57. The van der Waals surface area contributed by atoms with Crippen molar-refractivity contribution in [1.82, 2.24) is 20.9 Å². The number of fused-ring (bicyclic) bond motifs is 1. The summed E-state index contributed by atoms with van der Waals surface area (Å²) in [6, 6.07) is 2.73. The summed E-state index contributed by atoms with van der Waals surface area (Å²) in [5.41, 5.74) is 1.71. The second-order valence-electron chi connectivity index (χ2n) is 8.80. The SMILES string of the molecule is O=C1CCC(N2Cc3ccc(CNC(CC4CCNCC4)C(F)(F)F)cc3C2=O)C(=O)N1. The molecule has 2 fully saturated rings. The molecule has 3 aliphatic rings. The highest BCUT2D eigenvalue weighted by atomic mass is 19.4. The Morgan fingerprint density at radius 3 is 2.56 bits per heavy atom. The van der Waals surface area contributed by atoms with E-state index >= 15 is 0 Å². The number of halogens is 3. The molecular weight excluding hydrogens is 425 g/mol. The molecule has 3 aliphatic heterocycles. The predicted octanol–water partition coefficient (Wildman–Crippen LogP) is 1.86. The van der Waals surface area contributed by atoms with Crippen LogP contribution >= 0.6 is 0 Å². The first-order valence-corrected chi connectivity index (χ1v) is 11.0. The number of benzene rings is 1. The summed E-state index contributed by atoms with van der Waals surface area (Å²) in [5, 5.41) is 8.06. The van der Waals surface area contributed by atoms with Gasteiger partial charge in [-0.15, -0.1) is 0 Å². The molecule has 7 nitrogen and oxygen atoms in total. The van der Waals surface area contributed by atoms with Gasteiger partial charge in [-0.2, -0.15) is 13.2 Å². The van der Waals surface area contributed by atoms with Gasteiger partial charge in [-0.3, -0.25) is 19.7 Å². The first-order valence-electron chi connectivity index (χ1n) is 11.0. The van der Waals surface area contributed by atoms with Gasteiger partial charge in [0.15, 0.2) is 0 Å². The number of piperidine rings is 2. The molecule has 4 rings (SSSR count). The summed E-state index contributed by atoms with van der Waals surface area (Å²) in [4.78, 5) is 37.8. The third kappa shape index (κ3) is 4.96. The molecular formula is C22H27F3N4O3. The molecule has 10 heteroatoms. The van der Waals surface area contributed by atoms with Gasteiger partial charge in [0, 0.05) is 25.1 Å². The minimum Gasteiger partial charge on any atom is -0.322 e. The van der Waals surface area contributed by atoms with Crippen molar-refractivity contribution in [2.24, 2.45) is 5.92 Å². The topological polar surface area (TPSA) is 90.5 Å². The molecule has 3 heterocycles. The number of rotatable bonds is 6. The average Bonchev–Trinajstić information content (AvgIpc) is 3.07. The van der Waals surface area contributed by atoms with E-state index in [0.717, 1.165) is 31.5 Å². The molecule has 1 aromatic rings. The zero-order valence-electron chi connectivity index (χ0n) is 17.6. The van der Waals surface area contributed by atoms with Crippen molar-refractivity contribution in [3.05, 3.63) is 34.9 Å². The van der Waals surface area contributed by atoms with Crippen LogP contribution in [0.2, 0.25) is 0 Å². The summed E-state index contributed by atoms with van der Waals surface area (Å²) >= 11 is 0. The van der Waals surface area contributed by atoms with Crippen molar-refractivity contribution in [3.8, 4) is 0 Å². The molecule has 0 aliphatic carbocycles. The summed E-state index contributed by atoms with van der Waals surface area (Å²) in [6.07, 6.45) is -2.40. The molecule has 2 unspecified atom stereocenters. The molecule has 2 saturated heterocycles. The van der Waals surface area contributed by atoms with Crippen LogP contribution in [0.1, 0.15) is 53.6 Å². The van der Waals surface area contributed by atoms with Gasteiger partial charge in [-0.1, -0.05) is 12.1 Å². The van der Waals surface area contributed by atoms with Crippen molar-refractivity contribution in [1.29, 1.82) is 0 Å². The van der Waals surface area contributed by atoms with Gasteiger partial charge < -0.3 is 15.5 Å². The number of alkyl halides is 3. The van der Waals surface area contributed by atoms with E-state index in [4.69, 9.17) is 0 Å². The van der Waals surface area contributed by atoms with Crippen LogP contribution in [0, 0.1) is 5.92 Å². The maximum Gasteiger partial charge on any atom is 0.403 e. The Hall–Kier alpha value is -2.46. The summed E-state index contributed by atoms with van der Waals surface area (Å²) in [6.45, 7) is 1.72. The number of hydrogen-bond acceptors (Lipinski definition) is 5. The lowest BCUT2D eigenvalue weighted by molar-refractivity contribution is -0.160. The van der Waals surface area contributed by atoms with Gasteiger partial charge in [0.25, 0.3) is 5.91 Å². The monoisotopic (exact) mass is 452 g/mol. The van der Waals surface area contributed by atoms with E-state index in [0.29, 0.717) is 11.1 Å². The van der Waals surface area contributed by atoms with Crippen molar-refractivity contribution in [2.45, 2.75) is 63.5 Å².